The number of carboxylic acid groups (broad SMARTS) is 1. The monoisotopic (exact) mass is 160 g/mol. The summed E-state index contributed by atoms with van der Waals surface area (Å²) in [5.74, 6) is -0.995. The molecule has 0 radical (unpaired) electrons. The van der Waals surface area contributed by atoms with E-state index in [4.69, 9.17) is 0 Å². The average Bonchev–Trinajstić information content (AvgIpc) is 1.80. The highest BCUT2D eigenvalue weighted by atomic mass is 16.4. The van der Waals surface area contributed by atoms with Crippen LogP contribution in [0.4, 0.5) is 0 Å². The second kappa shape index (κ2) is 3.69. The molecule has 0 aliphatic rings. The molecule has 0 unspecified atom stereocenters. The van der Waals surface area contributed by atoms with Gasteiger partial charge in [0.2, 0.25) is 0 Å². The van der Waals surface area contributed by atoms with E-state index in [-0.39, 0.29) is 6.42 Å². The molecule has 0 aliphatic heterocycles. The molecule has 0 aromatic rings. The van der Waals surface area contributed by atoms with Crippen molar-refractivity contribution in [2.24, 2.45) is 0 Å². The predicted molar refractivity (Wildman–Crippen MR) is 40.3 cm³/mol. The molecular formula is C7H16N2O2. The molecule has 0 aromatic carbocycles. The van der Waals surface area contributed by atoms with E-state index in [2.05, 4.69) is 0 Å². The first-order valence-electron chi connectivity index (χ1n) is 3.57. The van der Waals surface area contributed by atoms with Gasteiger partial charge in [-0.3, -0.25) is 4.59 Å². The summed E-state index contributed by atoms with van der Waals surface area (Å²) in [6, 6.07) is 0. The Kier molecular flexibility index (Phi) is 3.48. The lowest BCUT2D eigenvalue weighted by molar-refractivity contribution is -0.983. The summed E-state index contributed by atoms with van der Waals surface area (Å²) in [6.07, 6.45) is 0.0893. The summed E-state index contributed by atoms with van der Waals surface area (Å²) >= 11 is 0. The number of carbonyl (C=O) groups is 1. The predicted octanol–water partition coefficient (Wildman–Crippen LogP) is -1.32. The van der Waals surface area contributed by atoms with Crippen LogP contribution >= 0.6 is 0 Å². The van der Waals surface area contributed by atoms with E-state index in [1.54, 1.807) is 0 Å². The minimum atomic E-state index is -0.995. The van der Waals surface area contributed by atoms with Crippen molar-refractivity contribution in [2.75, 3.05) is 34.7 Å². The lowest BCUT2D eigenvalue weighted by Crippen LogP contribution is -2.50. The van der Waals surface area contributed by atoms with Crippen molar-refractivity contribution < 1.29 is 14.5 Å². The van der Waals surface area contributed by atoms with Gasteiger partial charge in [0.05, 0.1) is 27.7 Å². The van der Waals surface area contributed by atoms with E-state index in [0.717, 1.165) is 0 Å². The molecule has 4 nitrogen and oxygen atoms in total. The van der Waals surface area contributed by atoms with Crippen LogP contribution in [0.5, 0.6) is 0 Å². The van der Waals surface area contributed by atoms with Gasteiger partial charge in [0, 0.05) is 19.4 Å². The molecule has 0 saturated carbocycles. The fourth-order valence-electron chi connectivity index (χ4n) is 0.553. The standard InChI is InChI=1S/C7H16N2O2/c1-8(9(2,3)4)6-5-7(10)11/h5-6H2,1-4H3. The molecule has 0 N–H and O–H groups in total. The fourth-order valence-corrected chi connectivity index (χ4v) is 0.553. The SMILES string of the molecule is CN(CCC(=O)[O-])[N+](C)(C)C. The minimum absolute atomic E-state index is 0.0893. The van der Waals surface area contributed by atoms with E-state index in [0.29, 0.717) is 11.1 Å². The van der Waals surface area contributed by atoms with Crippen molar-refractivity contribution in [3.8, 4) is 0 Å². The molecule has 0 rings (SSSR count). The number of hydrogen-bond donors (Lipinski definition) is 0. The highest BCUT2D eigenvalue weighted by molar-refractivity contribution is 5.64. The zero-order valence-corrected chi connectivity index (χ0v) is 7.63. The van der Waals surface area contributed by atoms with Crippen molar-refractivity contribution in [3.63, 3.8) is 0 Å². The average molecular weight is 160 g/mol. The van der Waals surface area contributed by atoms with E-state index < -0.39 is 5.97 Å². The van der Waals surface area contributed by atoms with Gasteiger partial charge in [-0.25, -0.2) is 0 Å². The number of aliphatic carboxylic acids is 1. The van der Waals surface area contributed by atoms with Crippen molar-refractivity contribution in [1.82, 2.24) is 5.01 Å². The van der Waals surface area contributed by atoms with Gasteiger partial charge in [0.1, 0.15) is 0 Å². The Bertz CT molecular complexity index is 140. The van der Waals surface area contributed by atoms with Crippen LogP contribution in [0.25, 0.3) is 0 Å². The van der Waals surface area contributed by atoms with Gasteiger partial charge < -0.3 is 9.90 Å². The Balaban J connectivity index is 3.70. The quantitative estimate of drug-likeness (QED) is 0.378. The first-order chi connectivity index (χ1) is 4.84. The largest absolute Gasteiger partial charge is 0.550 e. The Morgan fingerprint density at radius 2 is 1.91 bits per heavy atom. The van der Waals surface area contributed by atoms with Crippen LogP contribution in [0.3, 0.4) is 0 Å². The lowest BCUT2D eigenvalue weighted by Gasteiger charge is -2.33. The van der Waals surface area contributed by atoms with Crippen molar-refractivity contribution in [1.29, 1.82) is 0 Å². The van der Waals surface area contributed by atoms with Crippen LogP contribution in [0.2, 0.25) is 0 Å². The maximum Gasteiger partial charge on any atom is 0.0855 e. The third-order valence-electron chi connectivity index (χ3n) is 1.66. The third kappa shape index (κ3) is 4.75. The van der Waals surface area contributed by atoms with Crippen LogP contribution in [0.15, 0.2) is 0 Å². The van der Waals surface area contributed by atoms with E-state index in [1.807, 2.05) is 33.2 Å². The number of rotatable bonds is 4. The Hall–Kier alpha value is -0.610. The van der Waals surface area contributed by atoms with E-state index in [1.165, 1.54) is 0 Å². The number of hydrogen-bond acceptors (Lipinski definition) is 3. The summed E-state index contributed by atoms with van der Waals surface area (Å²) < 4.78 is 0.632. The maximum absolute atomic E-state index is 10.1. The van der Waals surface area contributed by atoms with Gasteiger partial charge in [-0.15, -0.1) is 0 Å². The first-order valence-corrected chi connectivity index (χ1v) is 3.57. The zero-order valence-electron chi connectivity index (χ0n) is 7.63. The number of quaternary nitrogens is 1. The molecule has 0 aromatic heterocycles. The van der Waals surface area contributed by atoms with Gasteiger partial charge in [-0.05, 0) is 0 Å². The molecular weight excluding hydrogens is 144 g/mol. The van der Waals surface area contributed by atoms with Crippen molar-refractivity contribution in [2.45, 2.75) is 6.42 Å². The molecule has 0 heterocycles. The summed E-state index contributed by atoms with van der Waals surface area (Å²) in [5.41, 5.74) is 0. The topological polar surface area (TPSA) is 43.4 Å². The normalized spacial score (nSPS) is 12.1. The molecule has 11 heavy (non-hydrogen) atoms. The first kappa shape index (κ1) is 10.4. The van der Waals surface area contributed by atoms with Gasteiger partial charge in [-0.2, -0.15) is 5.01 Å². The fraction of sp³-hybridized carbons (Fsp3) is 0.857. The second-order valence-corrected chi connectivity index (χ2v) is 3.44. The summed E-state index contributed by atoms with van der Waals surface area (Å²) in [6.45, 7) is 0.520. The summed E-state index contributed by atoms with van der Waals surface area (Å²) in [5, 5.41) is 12.0. The van der Waals surface area contributed by atoms with Crippen LogP contribution in [0, 0.1) is 0 Å². The molecule has 66 valence electrons. The molecule has 4 heteroatoms. The van der Waals surface area contributed by atoms with Crippen LogP contribution in [-0.2, 0) is 4.79 Å². The van der Waals surface area contributed by atoms with Gasteiger partial charge in [0.15, 0.2) is 0 Å². The second-order valence-electron chi connectivity index (χ2n) is 3.44. The van der Waals surface area contributed by atoms with Gasteiger partial charge in [0.25, 0.3) is 0 Å². The highest BCUT2D eigenvalue weighted by Crippen LogP contribution is 1.97. The maximum atomic E-state index is 10.1. The summed E-state index contributed by atoms with van der Waals surface area (Å²) in [7, 11) is 7.82. The molecule has 0 saturated heterocycles. The third-order valence-corrected chi connectivity index (χ3v) is 1.66. The number of carboxylic acids is 1. The number of carbonyl (C=O) groups excluding carboxylic acids is 1. The number of nitrogens with zero attached hydrogens (tertiary/aromatic N) is 2. The van der Waals surface area contributed by atoms with Gasteiger partial charge >= 0.3 is 0 Å². The molecule has 0 amide bonds. The molecule has 0 spiro atoms. The molecule has 0 aliphatic carbocycles. The van der Waals surface area contributed by atoms with Crippen LogP contribution < -0.4 is 5.11 Å². The Morgan fingerprint density at radius 1 is 1.45 bits per heavy atom. The van der Waals surface area contributed by atoms with Crippen molar-refractivity contribution >= 4 is 5.97 Å². The Morgan fingerprint density at radius 3 is 2.18 bits per heavy atom. The highest BCUT2D eigenvalue weighted by Gasteiger charge is 2.14. The van der Waals surface area contributed by atoms with Gasteiger partial charge in [-0.1, -0.05) is 0 Å². The lowest BCUT2D eigenvalue weighted by atomic mass is 10.4. The van der Waals surface area contributed by atoms with E-state index in [9.17, 15) is 9.90 Å². The van der Waals surface area contributed by atoms with Crippen LogP contribution in [-0.4, -0.2) is 50.3 Å². The van der Waals surface area contributed by atoms with E-state index >= 15 is 0 Å². The smallest absolute Gasteiger partial charge is 0.0855 e. The minimum Gasteiger partial charge on any atom is -0.550 e. The van der Waals surface area contributed by atoms with Crippen molar-refractivity contribution in [3.05, 3.63) is 0 Å². The van der Waals surface area contributed by atoms with Crippen LogP contribution in [0.1, 0.15) is 6.42 Å². The molecule has 0 fully saturated rings. The molecule has 0 atom stereocenters. The zero-order chi connectivity index (χ0) is 9.07. The summed E-state index contributed by atoms with van der Waals surface area (Å²) in [4.78, 5) is 10.1. The molecule has 0 bridgehead atoms. The Labute approximate surface area is 67.6 Å².